The minimum Gasteiger partial charge on any atom is -0.463 e. The summed E-state index contributed by atoms with van der Waals surface area (Å²) >= 11 is 0. The van der Waals surface area contributed by atoms with Crippen LogP contribution in [0.25, 0.3) is 0 Å². The molecule has 0 aromatic carbocycles. The molecule has 0 N–H and O–H groups in total. The SMILES string of the molecule is C=CC(=O)OCCCC[SiH2]O[Si](CCC)(CCC)CCC[SiH2]O[Si](CCC)(CCC)CO[Si](CCC)(CCC)CCC[SiH2]O[Si](CCC)(CCC)CCC. The van der Waals surface area contributed by atoms with Crippen molar-refractivity contribution in [3.05, 3.63) is 12.7 Å². The van der Waals surface area contributed by atoms with E-state index in [0.29, 0.717) is 6.61 Å². The van der Waals surface area contributed by atoms with Crippen molar-refractivity contribution in [2.45, 2.75) is 230 Å². The van der Waals surface area contributed by atoms with Gasteiger partial charge in [0.25, 0.3) is 0 Å². The molecule has 0 aliphatic heterocycles. The van der Waals surface area contributed by atoms with Crippen molar-refractivity contribution in [3.63, 3.8) is 0 Å². The molecule has 0 saturated carbocycles. The van der Waals surface area contributed by atoms with Gasteiger partial charge in [-0.25, -0.2) is 4.79 Å². The molecule has 0 amide bonds. The Bertz CT molecular complexity index is 865. The Labute approximate surface area is 348 Å². The summed E-state index contributed by atoms with van der Waals surface area (Å²) in [5.41, 5.74) is 0. The first-order chi connectivity index (χ1) is 26.1. The van der Waals surface area contributed by atoms with Crippen LogP contribution >= 0.6 is 0 Å². The Morgan fingerprint density at radius 1 is 0.463 bits per heavy atom. The minimum atomic E-state index is -1.93. The van der Waals surface area contributed by atoms with Gasteiger partial charge in [0.15, 0.2) is 25.0 Å². The molecule has 0 atom stereocenters. The minimum absolute atomic E-state index is 0.314. The van der Waals surface area contributed by atoms with Crippen molar-refractivity contribution < 1.29 is 26.3 Å². The number of unbranched alkanes of at least 4 members (excludes halogenated alkanes) is 1. The highest BCUT2D eigenvalue weighted by molar-refractivity contribution is 6.80. The van der Waals surface area contributed by atoms with Gasteiger partial charge in [-0.1, -0.05) is 146 Å². The summed E-state index contributed by atoms with van der Waals surface area (Å²) < 4.78 is 34.0. The quantitative estimate of drug-likeness (QED) is 0.0264. The fourth-order valence-electron chi connectivity index (χ4n) is 9.19. The van der Waals surface area contributed by atoms with Crippen molar-refractivity contribution in [2.75, 3.05) is 12.8 Å². The second-order valence-electron chi connectivity index (χ2n) is 16.7. The molecule has 0 fully saturated rings. The van der Waals surface area contributed by atoms with E-state index in [1.807, 2.05) is 0 Å². The molecule has 0 rings (SSSR count). The average Bonchev–Trinajstić information content (AvgIpc) is 3.14. The second kappa shape index (κ2) is 34.4. The zero-order valence-electron chi connectivity index (χ0n) is 37.9. The number of hydrogen-bond donors (Lipinski definition) is 0. The van der Waals surface area contributed by atoms with E-state index in [1.54, 1.807) is 0 Å². The molecule has 0 heterocycles. The highest BCUT2D eigenvalue weighted by atomic mass is 28.4. The molecular formula is C41H94O6Si7. The Hall–Kier alpha value is 0.568. The fourth-order valence-corrected chi connectivity index (χ4v) is 39.0. The van der Waals surface area contributed by atoms with E-state index in [1.165, 1.54) is 161 Å². The molecule has 0 bridgehead atoms. The number of carbonyl (C=O) groups is 1. The first-order valence-corrected chi connectivity index (χ1v) is 38.3. The summed E-state index contributed by atoms with van der Waals surface area (Å²) in [6.07, 6.45) is 18.2. The highest BCUT2D eigenvalue weighted by Crippen LogP contribution is 2.33. The number of hydrogen-bond acceptors (Lipinski definition) is 6. The maximum Gasteiger partial charge on any atom is 0.330 e. The summed E-state index contributed by atoms with van der Waals surface area (Å²) in [7, 11) is -8.55. The smallest absolute Gasteiger partial charge is 0.330 e. The van der Waals surface area contributed by atoms with E-state index in [2.05, 4.69) is 68.9 Å². The van der Waals surface area contributed by atoms with Gasteiger partial charge in [0.1, 0.15) is 29.3 Å². The maximum atomic E-state index is 11.3. The fraction of sp³-hybridized carbons (Fsp3) is 0.927. The van der Waals surface area contributed by atoms with Gasteiger partial charge >= 0.3 is 5.97 Å². The third-order valence-electron chi connectivity index (χ3n) is 11.5. The van der Waals surface area contributed by atoms with Crippen LogP contribution in [-0.4, -0.2) is 81.4 Å². The summed E-state index contributed by atoms with van der Waals surface area (Å²) in [5.74, 6) is -0.314. The molecule has 0 radical (unpaired) electrons. The van der Waals surface area contributed by atoms with Crippen molar-refractivity contribution in [1.29, 1.82) is 0 Å². The maximum absolute atomic E-state index is 11.3. The van der Waals surface area contributed by atoms with Crippen LogP contribution in [0.5, 0.6) is 0 Å². The Morgan fingerprint density at radius 3 is 1.20 bits per heavy atom. The van der Waals surface area contributed by atoms with E-state index in [-0.39, 0.29) is 5.97 Å². The van der Waals surface area contributed by atoms with Crippen LogP contribution in [-0.2, 0) is 26.3 Å². The molecule has 0 aromatic heterocycles. The number of carbonyl (C=O) groups excluding carboxylic acids is 1. The number of ether oxygens (including phenoxy) is 1. The third kappa shape index (κ3) is 23.8. The van der Waals surface area contributed by atoms with Gasteiger partial charge in [-0.05, 0) is 91.0 Å². The molecule has 54 heavy (non-hydrogen) atoms. The van der Waals surface area contributed by atoms with Gasteiger partial charge in [-0.3, -0.25) is 0 Å². The predicted molar refractivity (Wildman–Crippen MR) is 257 cm³/mol. The van der Waals surface area contributed by atoms with Crippen molar-refractivity contribution in [3.8, 4) is 0 Å². The third-order valence-corrected chi connectivity index (χ3v) is 40.6. The van der Waals surface area contributed by atoms with Crippen LogP contribution in [0, 0.1) is 0 Å². The number of rotatable bonds is 41. The van der Waals surface area contributed by atoms with Gasteiger partial charge in [0.2, 0.25) is 8.32 Å². The molecule has 322 valence electrons. The van der Waals surface area contributed by atoms with Gasteiger partial charge in [-0.15, -0.1) is 0 Å². The topological polar surface area (TPSA) is 63.2 Å². The molecule has 0 spiro atoms. The van der Waals surface area contributed by atoms with Gasteiger partial charge < -0.3 is 21.5 Å². The average molecular weight is 880 g/mol. The molecule has 6 nitrogen and oxygen atoms in total. The van der Waals surface area contributed by atoms with Crippen LogP contribution in [0.15, 0.2) is 12.7 Å². The van der Waals surface area contributed by atoms with Gasteiger partial charge in [-0.2, -0.15) is 0 Å². The summed E-state index contributed by atoms with van der Waals surface area (Å²) in [6.45, 7) is 25.3. The van der Waals surface area contributed by atoms with E-state index in [0.717, 1.165) is 19.1 Å². The second-order valence-corrected chi connectivity index (χ2v) is 39.0. The van der Waals surface area contributed by atoms with E-state index < -0.39 is 62.6 Å². The Morgan fingerprint density at radius 2 is 0.796 bits per heavy atom. The van der Waals surface area contributed by atoms with Crippen molar-refractivity contribution >= 4 is 68.5 Å². The lowest BCUT2D eigenvalue weighted by atomic mass is 10.4. The molecule has 0 aliphatic rings. The molecule has 0 unspecified atom stereocenters. The van der Waals surface area contributed by atoms with Crippen LogP contribution in [0.2, 0.25) is 84.6 Å². The zero-order valence-corrected chi connectivity index (χ0v) is 46.1. The number of esters is 1. The van der Waals surface area contributed by atoms with Crippen LogP contribution in [0.3, 0.4) is 0 Å². The van der Waals surface area contributed by atoms with Crippen molar-refractivity contribution in [2.24, 2.45) is 0 Å². The predicted octanol–water partition coefficient (Wildman–Crippen LogP) is 11.9. The van der Waals surface area contributed by atoms with Gasteiger partial charge in [0.05, 0.1) is 12.8 Å². The lowest BCUT2D eigenvalue weighted by Crippen LogP contribution is -2.50. The molecule has 0 aromatic rings. The standard InChI is InChI=1S/C41H94O6Si7/c1-11-29-51(30-12-2,38-23-27-49-45-52(31-13-3,32-14-4)33-15-5)44-40-54(36-18-8,37-19-9)47-50-28-24-39-53(34-16-6,35-17-7)46-48-26-22-21-25-43-41(42)20-10/h20H,10-19,21-40,48-50H2,1-9H3. The lowest BCUT2D eigenvalue weighted by molar-refractivity contribution is -0.137. The lowest BCUT2D eigenvalue weighted by Gasteiger charge is -2.38. The van der Waals surface area contributed by atoms with Crippen LogP contribution in [0.4, 0.5) is 0 Å². The van der Waals surface area contributed by atoms with E-state index in [4.69, 9.17) is 21.5 Å². The summed E-state index contributed by atoms with van der Waals surface area (Å²) in [4.78, 5) is 11.3. The monoisotopic (exact) mass is 879 g/mol. The largest absolute Gasteiger partial charge is 0.463 e. The molecular weight excluding hydrogens is 785 g/mol. The van der Waals surface area contributed by atoms with E-state index >= 15 is 0 Å². The first kappa shape index (κ1) is 54.6. The summed E-state index contributed by atoms with van der Waals surface area (Å²) in [6, 6.07) is 18.4. The van der Waals surface area contributed by atoms with E-state index in [9.17, 15) is 4.79 Å². The van der Waals surface area contributed by atoms with Crippen molar-refractivity contribution in [1.82, 2.24) is 0 Å². The Balaban J connectivity index is 5.43. The highest BCUT2D eigenvalue weighted by Gasteiger charge is 2.40. The normalized spacial score (nSPS) is 13.4. The Kier molecular flexibility index (Phi) is 34.8. The van der Waals surface area contributed by atoms with Crippen LogP contribution in [0.1, 0.15) is 146 Å². The zero-order chi connectivity index (χ0) is 40.4. The first-order valence-electron chi connectivity index (χ1n) is 23.5. The van der Waals surface area contributed by atoms with Crippen LogP contribution < -0.4 is 0 Å². The molecule has 0 saturated heterocycles. The van der Waals surface area contributed by atoms with Gasteiger partial charge in [0, 0.05) is 6.08 Å². The summed E-state index contributed by atoms with van der Waals surface area (Å²) in [5, 5.41) is 0. The molecule has 0 aliphatic carbocycles. The molecule has 13 heteroatoms.